The minimum absolute atomic E-state index is 0.185. The predicted octanol–water partition coefficient (Wildman–Crippen LogP) is 6.55. The van der Waals surface area contributed by atoms with Gasteiger partial charge in [-0.25, -0.2) is 12.8 Å². The van der Waals surface area contributed by atoms with Gasteiger partial charge in [-0.3, -0.25) is 0 Å². The van der Waals surface area contributed by atoms with Crippen LogP contribution in [0.25, 0.3) is 0 Å². The fourth-order valence-corrected chi connectivity index (χ4v) is 5.56. The minimum Gasteiger partial charge on any atom is -0.302 e. The van der Waals surface area contributed by atoms with Crippen molar-refractivity contribution in [3.8, 4) is 0 Å². The van der Waals surface area contributed by atoms with Crippen molar-refractivity contribution in [3.05, 3.63) is 97.7 Å². The van der Waals surface area contributed by atoms with E-state index in [-0.39, 0.29) is 21.0 Å². The van der Waals surface area contributed by atoms with E-state index in [1.165, 1.54) is 6.07 Å². The number of sulfonamides is 1. The summed E-state index contributed by atoms with van der Waals surface area (Å²) in [4.78, 5) is -0.190. The molecule has 0 radical (unpaired) electrons. The summed E-state index contributed by atoms with van der Waals surface area (Å²) in [6, 6.07) is 14.1. The van der Waals surface area contributed by atoms with Crippen molar-refractivity contribution in [2.45, 2.75) is 23.4 Å². The molecule has 5 nitrogen and oxygen atoms in total. The number of benzene rings is 3. The summed E-state index contributed by atoms with van der Waals surface area (Å²) < 4.78 is 42.5. The second kappa shape index (κ2) is 9.78. The maximum absolute atomic E-state index is 13.6. The minimum atomic E-state index is -4.12. The molecule has 3 aromatic rings. The van der Waals surface area contributed by atoms with Gasteiger partial charge in [-0.05, 0) is 53.6 Å². The number of hydrogen-bond acceptors (Lipinski definition) is 4. The summed E-state index contributed by atoms with van der Waals surface area (Å²) in [5.74, 6) is -0.719. The molecule has 0 saturated carbocycles. The number of hydrogen-bond donors (Lipinski definition) is 2. The maximum Gasteiger partial charge on any atom is 0.241 e. The third kappa shape index (κ3) is 5.45. The van der Waals surface area contributed by atoms with Gasteiger partial charge < -0.3 is 5.43 Å². The Bertz CT molecular complexity index is 1330. The van der Waals surface area contributed by atoms with Crippen molar-refractivity contribution < 1.29 is 12.8 Å². The van der Waals surface area contributed by atoms with Crippen LogP contribution >= 0.6 is 46.4 Å². The van der Waals surface area contributed by atoms with E-state index in [4.69, 9.17) is 46.4 Å². The van der Waals surface area contributed by atoms with Gasteiger partial charge in [-0.2, -0.15) is 9.82 Å². The molecular formula is C22H16Cl4FN3O2S. The van der Waals surface area contributed by atoms with Gasteiger partial charge >= 0.3 is 0 Å². The topological polar surface area (TPSA) is 70.6 Å². The first-order valence-electron chi connectivity index (χ1n) is 9.64. The molecule has 0 amide bonds. The van der Waals surface area contributed by atoms with E-state index in [2.05, 4.69) is 15.2 Å². The lowest BCUT2D eigenvalue weighted by molar-refractivity contribution is 0.575. The summed E-state index contributed by atoms with van der Waals surface area (Å²) in [7, 11) is -4.12. The average molecular weight is 547 g/mol. The van der Waals surface area contributed by atoms with E-state index in [0.717, 1.165) is 23.8 Å². The Kier molecular flexibility index (Phi) is 7.19. The van der Waals surface area contributed by atoms with Gasteiger partial charge in [-0.15, -0.1) is 0 Å². The van der Waals surface area contributed by atoms with Crippen LogP contribution in [0.3, 0.4) is 0 Å². The van der Waals surface area contributed by atoms with Gasteiger partial charge in [0, 0.05) is 21.5 Å². The third-order valence-electron chi connectivity index (χ3n) is 5.13. The Labute approximate surface area is 210 Å². The molecule has 0 fully saturated rings. The lowest BCUT2D eigenvalue weighted by Gasteiger charge is -2.21. The molecule has 4 rings (SSSR count). The second-order valence-corrected chi connectivity index (χ2v) is 10.7. The van der Waals surface area contributed by atoms with Gasteiger partial charge in [0.15, 0.2) is 0 Å². The summed E-state index contributed by atoms with van der Waals surface area (Å²) in [6.45, 7) is 0. The van der Waals surface area contributed by atoms with Crippen LogP contribution in [0.15, 0.2) is 70.7 Å². The van der Waals surface area contributed by atoms with Crippen LogP contribution in [0.4, 0.5) is 4.39 Å². The molecule has 0 spiro atoms. The van der Waals surface area contributed by atoms with Gasteiger partial charge in [-0.1, -0.05) is 64.6 Å². The number of rotatable bonds is 6. The summed E-state index contributed by atoms with van der Waals surface area (Å²) >= 11 is 24.2. The van der Waals surface area contributed by atoms with Crippen LogP contribution in [-0.4, -0.2) is 14.1 Å². The monoisotopic (exact) mass is 545 g/mol. The molecule has 0 bridgehead atoms. The molecule has 2 unspecified atom stereocenters. The number of nitrogens with one attached hydrogen (secondary N) is 2. The van der Waals surface area contributed by atoms with Gasteiger partial charge in [0.25, 0.3) is 0 Å². The van der Waals surface area contributed by atoms with Crippen LogP contribution in [0.2, 0.25) is 20.1 Å². The zero-order valence-electron chi connectivity index (χ0n) is 16.7. The van der Waals surface area contributed by atoms with Crippen LogP contribution < -0.4 is 10.1 Å². The predicted molar refractivity (Wildman–Crippen MR) is 130 cm³/mol. The highest BCUT2D eigenvalue weighted by Gasteiger charge is 2.32. The number of hydrazone groups is 1. The van der Waals surface area contributed by atoms with E-state index < -0.39 is 21.9 Å². The fourth-order valence-electron chi connectivity index (χ4n) is 3.44. The first-order chi connectivity index (χ1) is 15.6. The average Bonchev–Trinajstić information content (AvgIpc) is 3.25. The lowest BCUT2D eigenvalue weighted by Crippen LogP contribution is -2.33. The van der Waals surface area contributed by atoms with Crippen molar-refractivity contribution >= 4 is 62.1 Å². The highest BCUT2D eigenvalue weighted by molar-refractivity contribution is 7.89. The lowest BCUT2D eigenvalue weighted by atomic mass is 9.96. The van der Waals surface area contributed by atoms with Gasteiger partial charge in [0.1, 0.15) is 5.82 Å². The van der Waals surface area contributed by atoms with Crippen LogP contribution in [0.5, 0.6) is 0 Å². The first kappa shape index (κ1) is 24.3. The summed E-state index contributed by atoms with van der Waals surface area (Å²) in [5.41, 5.74) is 4.95. The van der Waals surface area contributed by atoms with Gasteiger partial charge in [0.2, 0.25) is 10.0 Å². The zero-order valence-corrected chi connectivity index (χ0v) is 20.5. The van der Waals surface area contributed by atoms with Crippen LogP contribution in [0, 0.1) is 5.82 Å². The fraction of sp³-hybridized carbons (Fsp3) is 0.136. The summed E-state index contributed by atoms with van der Waals surface area (Å²) in [6.07, 6.45) is 0.401. The summed E-state index contributed by atoms with van der Waals surface area (Å²) in [5, 5.41) is 5.37. The van der Waals surface area contributed by atoms with Crippen LogP contribution in [-0.2, 0) is 10.0 Å². The van der Waals surface area contributed by atoms with Crippen LogP contribution in [0.1, 0.15) is 29.6 Å². The van der Waals surface area contributed by atoms with E-state index in [0.29, 0.717) is 27.7 Å². The number of halogens is 5. The van der Waals surface area contributed by atoms with Crippen molar-refractivity contribution in [1.29, 1.82) is 0 Å². The Morgan fingerprint density at radius 1 is 0.939 bits per heavy atom. The van der Waals surface area contributed by atoms with E-state index >= 15 is 0 Å². The molecule has 11 heteroatoms. The Morgan fingerprint density at radius 3 is 2.30 bits per heavy atom. The SMILES string of the molecule is O=S(=O)(NC(C1=NNC(c2ccc(Cl)cc2)C1)c1ccc(Cl)cc1Cl)c1ccc(F)c(Cl)c1. The molecular weight excluding hydrogens is 531 g/mol. The molecule has 1 aliphatic heterocycles. The zero-order chi connectivity index (χ0) is 23.8. The van der Waals surface area contributed by atoms with Gasteiger partial charge in [0.05, 0.1) is 27.7 Å². The molecule has 0 saturated heterocycles. The van der Waals surface area contributed by atoms with E-state index in [1.807, 2.05) is 12.1 Å². The highest BCUT2D eigenvalue weighted by atomic mass is 35.5. The van der Waals surface area contributed by atoms with Crippen molar-refractivity contribution in [1.82, 2.24) is 10.1 Å². The maximum atomic E-state index is 13.6. The molecule has 1 heterocycles. The molecule has 0 aromatic heterocycles. The van der Waals surface area contributed by atoms with Crippen molar-refractivity contribution in [3.63, 3.8) is 0 Å². The largest absolute Gasteiger partial charge is 0.302 e. The molecule has 172 valence electrons. The number of nitrogens with zero attached hydrogens (tertiary/aromatic N) is 1. The molecule has 1 aliphatic rings. The quantitative estimate of drug-likeness (QED) is 0.368. The molecule has 33 heavy (non-hydrogen) atoms. The van der Waals surface area contributed by atoms with Crippen molar-refractivity contribution in [2.75, 3.05) is 0 Å². The Balaban J connectivity index is 1.68. The molecule has 3 aromatic carbocycles. The Morgan fingerprint density at radius 2 is 1.64 bits per heavy atom. The molecule has 0 aliphatic carbocycles. The normalized spacial score (nSPS) is 16.9. The second-order valence-electron chi connectivity index (χ2n) is 7.34. The smallest absolute Gasteiger partial charge is 0.241 e. The van der Waals surface area contributed by atoms with E-state index in [1.54, 1.807) is 24.3 Å². The highest BCUT2D eigenvalue weighted by Crippen LogP contribution is 2.34. The Hall–Kier alpha value is -1.87. The third-order valence-corrected chi connectivity index (χ3v) is 7.66. The van der Waals surface area contributed by atoms with Crippen molar-refractivity contribution in [2.24, 2.45) is 5.10 Å². The molecule has 2 atom stereocenters. The standard InChI is InChI=1S/C22H16Cl4FN3O2S/c23-13-3-1-12(2-4-13)20-11-21(29-28-20)22(16-7-5-14(24)9-17(16)25)30-33(31,32)15-6-8-19(27)18(26)10-15/h1-10,20,22,28,30H,11H2. The molecule has 2 N–H and O–H groups in total. The van der Waals surface area contributed by atoms with E-state index in [9.17, 15) is 12.8 Å². The first-order valence-corrected chi connectivity index (χ1v) is 12.6.